The first-order chi connectivity index (χ1) is 22.5. The van der Waals surface area contributed by atoms with Gasteiger partial charge in [0.05, 0.1) is 5.41 Å². The van der Waals surface area contributed by atoms with Gasteiger partial charge >= 0.3 is 23.9 Å². The van der Waals surface area contributed by atoms with E-state index in [1.165, 1.54) is 52.9 Å². The quantitative estimate of drug-likeness (QED) is 0.0936. The highest BCUT2D eigenvalue weighted by Crippen LogP contribution is 2.75. The molecule has 0 amide bonds. The lowest BCUT2D eigenvalue weighted by atomic mass is 9.58. The number of ketones is 1. The molecule has 2 bridgehead atoms. The van der Waals surface area contributed by atoms with Crippen LogP contribution in [0.2, 0.25) is 0 Å². The Morgan fingerprint density at radius 3 is 2.00 bits per heavy atom. The van der Waals surface area contributed by atoms with Gasteiger partial charge in [0.15, 0.2) is 23.6 Å². The van der Waals surface area contributed by atoms with Gasteiger partial charge in [0.1, 0.15) is 12.2 Å². The van der Waals surface area contributed by atoms with Crippen LogP contribution in [-0.2, 0) is 42.9 Å². The molecule has 4 rings (SSSR count). The van der Waals surface area contributed by atoms with Crippen LogP contribution >= 0.6 is 0 Å². The third-order valence-electron chi connectivity index (χ3n) is 11.6. The molecule has 0 unspecified atom stereocenters. The first-order valence-electron chi connectivity index (χ1n) is 17.9. The van der Waals surface area contributed by atoms with E-state index in [2.05, 4.69) is 6.92 Å². The molecule has 0 radical (unpaired) electrons. The van der Waals surface area contributed by atoms with Crippen LogP contribution in [0.5, 0.6) is 0 Å². The molecule has 0 saturated heterocycles. The standard InChI is InChI=1S/C38H56O10/c1-9-10-11-12-13-14-15-16-17-18-30(42)48-37-21-24(3)36-20-23(2)33(46-26(5)40)38(36,44)34(47-27(6)41)28(22-45-25(4)39)19-29(32(36)43)31(37)35(37,7)8/h19-20,24,29,31,33-34,44H,9-18,21-22H2,1-8H3/t24-,29+,31-,33+,34-,36+,37+,38-/m1/s1. The summed E-state index contributed by atoms with van der Waals surface area (Å²) in [5.74, 6) is -4.66. The Morgan fingerprint density at radius 2 is 1.44 bits per heavy atom. The van der Waals surface area contributed by atoms with Gasteiger partial charge < -0.3 is 24.1 Å². The summed E-state index contributed by atoms with van der Waals surface area (Å²) in [5.41, 5.74) is -4.93. The van der Waals surface area contributed by atoms with Crippen molar-refractivity contribution in [1.82, 2.24) is 0 Å². The Balaban J connectivity index is 1.70. The monoisotopic (exact) mass is 672 g/mol. The summed E-state index contributed by atoms with van der Waals surface area (Å²) in [6.45, 7) is 12.9. The van der Waals surface area contributed by atoms with Gasteiger partial charge in [0.2, 0.25) is 0 Å². The number of hydrogen-bond acceptors (Lipinski definition) is 10. The molecule has 0 aromatic rings. The minimum Gasteiger partial charge on any atom is -0.461 e. The molecule has 2 saturated carbocycles. The van der Waals surface area contributed by atoms with Gasteiger partial charge in [-0.3, -0.25) is 24.0 Å². The molecule has 10 nitrogen and oxygen atoms in total. The highest BCUT2D eigenvalue weighted by molar-refractivity contribution is 5.96. The lowest BCUT2D eigenvalue weighted by molar-refractivity contribution is -0.212. The van der Waals surface area contributed by atoms with E-state index in [1.54, 1.807) is 19.1 Å². The number of allylic oxidation sites excluding steroid dienone is 1. The van der Waals surface area contributed by atoms with Crippen molar-refractivity contribution >= 4 is 29.7 Å². The van der Waals surface area contributed by atoms with Crippen LogP contribution in [0.1, 0.15) is 126 Å². The maximum Gasteiger partial charge on any atom is 0.306 e. The summed E-state index contributed by atoms with van der Waals surface area (Å²) in [7, 11) is 0. The van der Waals surface area contributed by atoms with Crippen LogP contribution in [0.25, 0.3) is 0 Å². The van der Waals surface area contributed by atoms with Gasteiger partial charge in [-0.15, -0.1) is 0 Å². The second-order valence-electron chi connectivity index (χ2n) is 15.2. The predicted molar refractivity (Wildman–Crippen MR) is 177 cm³/mol. The highest BCUT2D eigenvalue weighted by Gasteiger charge is 2.84. The number of aliphatic hydroxyl groups is 1. The largest absolute Gasteiger partial charge is 0.461 e. The number of Topliss-reactive ketones (excluding diaryl/α,β-unsaturated/α-hetero) is 1. The average Bonchev–Trinajstić information content (AvgIpc) is 3.39. The van der Waals surface area contributed by atoms with E-state index < -0.39 is 69.9 Å². The van der Waals surface area contributed by atoms with Crippen molar-refractivity contribution in [3.05, 3.63) is 23.3 Å². The maximum absolute atomic E-state index is 15.1. The zero-order valence-electron chi connectivity index (χ0n) is 30.1. The van der Waals surface area contributed by atoms with E-state index >= 15 is 4.79 Å². The average molecular weight is 673 g/mol. The second kappa shape index (κ2) is 14.5. The molecule has 4 aliphatic carbocycles. The van der Waals surface area contributed by atoms with Crippen molar-refractivity contribution in [3.8, 4) is 0 Å². The number of ether oxygens (including phenoxy) is 4. The molecule has 4 aliphatic rings. The molecule has 0 aromatic heterocycles. The van der Waals surface area contributed by atoms with Gasteiger partial charge in [0.25, 0.3) is 0 Å². The van der Waals surface area contributed by atoms with Crippen molar-refractivity contribution in [2.75, 3.05) is 6.61 Å². The summed E-state index contributed by atoms with van der Waals surface area (Å²) in [6, 6.07) is 0. The summed E-state index contributed by atoms with van der Waals surface area (Å²) < 4.78 is 23.3. The fourth-order valence-electron chi connectivity index (χ4n) is 9.38. The minimum absolute atomic E-state index is 0.204. The topological polar surface area (TPSA) is 142 Å². The molecule has 0 aromatic carbocycles. The molecule has 0 heterocycles. The van der Waals surface area contributed by atoms with Crippen LogP contribution < -0.4 is 0 Å². The highest BCUT2D eigenvalue weighted by atomic mass is 16.6. The molecule has 1 spiro atoms. The molecular weight excluding hydrogens is 616 g/mol. The molecular formula is C38H56O10. The van der Waals surface area contributed by atoms with Crippen LogP contribution in [0.4, 0.5) is 0 Å². The summed E-state index contributed by atoms with van der Waals surface area (Å²) >= 11 is 0. The summed E-state index contributed by atoms with van der Waals surface area (Å²) in [4.78, 5) is 65.5. The van der Waals surface area contributed by atoms with E-state index in [0.29, 0.717) is 5.57 Å². The molecule has 268 valence electrons. The van der Waals surface area contributed by atoms with E-state index in [0.717, 1.165) is 25.7 Å². The smallest absolute Gasteiger partial charge is 0.306 e. The number of carbonyl (C=O) groups is 5. The molecule has 0 aliphatic heterocycles. The number of rotatable bonds is 15. The zero-order valence-corrected chi connectivity index (χ0v) is 30.1. The Bertz CT molecular complexity index is 1340. The lowest BCUT2D eigenvalue weighted by Crippen LogP contribution is -2.66. The molecule has 1 N–H and O–H groups in total. The first-order valence-corrected chi connectivity index (χ1v) is 17.9. The second-order valence-corrected chi connectivity index (χ2v) is 15.2. The van der Waals surface area contributed by atoms with Crippen LogP contribution in [-0.4, -0.2) is 64.8 Å². The first kappa shape index (κ1) is 37.8. The van der Waals surface area contributed by atoms with Gasteiger partial charge in [-0.1, -0.05) is 91.2 Å². The number of carbonyl (C=O) groups excluding carboxylic acids is 5. The zero-order chi connectivity index (χ0) is 35.7. The van der Waals surface area contributed by atoms with E-state index in [9.17, 15) is 24.3 Å². The summed E-state index contributed by atoms with van der Waals surface area (Å²) in [6.07, 6.45) is 11.1. The van der Waals surface area contributed by atoms with Gasteiger partial charge in [0, 0.05) is 50.0 Å². The SMILES string of the molecule is CCCCCCCCCCCC(=O)O[C@@]12C[C@@H](C)[C@]34C=C(C)[C@H](OC(C)=O)[C@@]3(O)[C@H](OC(C)=O)C(COC(C)=O)=C[C@H](C4=O)[C@@H]1C2(C)C. The van der Waals surface area contributed by atoms with Crippen molar-refractivity contribution in [1.29, 1.82) is 0 Å². The van der Waals surface area contributed by atoms with E-state index in [4.69, 9.17) is 18.9 Å². The lowest BCUT2D eigenvalue weighted by Gasteiger charge is -2.49. The van der Waals surface area contributed by atoms with Crippen LogP contribution in [0.15, 0.2) is 23.3 Å². The molecule has 2 fully saturated rings. The van der Waals surface area contributed by atoms with Gasteiger partial charge in [-0.25, -0.2) is 0 Å². The Morgan fingerprint density at radius 1 is 0.875 bits per heavy atom. The number of esters is 4. The number of hydrogen-bond donors (Lipinski definition) is 1. The van der Waals surface area contributed by atoms with Crippen LogP contribution in [0.3, 0.4) is 0 Å². The van der Waals surface area contributed by atoms with Gasteiger partial charge in [-0.05, 0) is 31.3 Å². The Labute approximate surface area is 285 Å². The number of unbranched alkanes of at least 4 members (excludes halogenated alkanes) is 8. The van der Waals surface area contributed by atoms with Crippen molar-refractivity contribution in [2.24, 2.45) is 28.6 Å². The number of fused-ring (bicyclic) bond motifs is 3. The fourth-order valence-corrected chi connectivity index (χ4v) is 9.38. The Hall–Kier alpha value is -3.01. The Kier molecular flexibility index (Phi) is 11.4. The molecule has 10 heteroatoms. The van der Waals surface area contributed by atoms with Gasteiger partial charge in [-0.2, -0.15) is 0 Å². The normalized spacial score (nSPS) is 34.4. The van der Waals surface area contributed by atoms with Crippen molar-refractivity contribution < 1.29 is 48.0 Å². The summed E-state index contributed by atoms with van der Waals surface area (Å²) in [5, 5.41) is 13.0. The molecule has 8 atom stereocenters. The van der Waals surface area contributed by atoms with E-state index in [1.807, 2.05) is 20.8 Å². The molecule has 48 heavy (non-hydrogen) atoms. The van der Waals surface area contributed by atoms with Crippen LogP contribution in [0, 0.1) is 28.6 Å². The van der Waals surface area contributed by atoms with E-state index in [-0.39, 0.29) is 36.8 Å². The predicted octanol–water partition coefficient (Wildman–Crippen LogP) is 6.11. The van der Waals surface area contributed by atoms with Crippen molar-refractivity contribution in [3.63, 3.8) is 0 Å². The third-order valence-corrected chi connectivity index (χ3v) is 11.6. The van der Waals surface area contributed by atoms with Crippen molar-refractivity contribution in [2.45, 2.75) is 149 Å². The fraction of sp³-hybridized carbons (Fsp3) is 0.763. The minimum atomic E-state index is -2.27. The third kappa shape index (κ3) is 6.50. The maximum atomic E-state index is 15.1.